The fourth-order valence-corrected chi connectivity index (χ4v) is 4.11. The van der Waals surface area contributed by atoms with Gasteiger partial charge in [0.25, 0.3) is 0 Å². The molecule has 1 saturated heterocycles. The standard InChI is InChI=1S/C14H15ClF3N3O2S/c15-13-3-2-11(10-12(13)14(16,17)18)24(22,23)21-8-6-20(7-9-21)5-1-4-19/h2-3,10H,1,5-9H2. The van der Waals surface area contributed by atoms with Crippen LogP contribution in [0.3, 0.4) is 0 Å². The molecule has 0 atom stereocenters. The van der Waals surface area contributed by atoms with E-state index in [1.165, 1.54) is 0 Å². The van der Waals surface area contributed by atoms with Crippen molar-refractivity contribution in [1.82, 2.24) is 9.21 Å². The quantitative estimate of drug-likeness (QED) is 0.804. The van der Waals surface area contributed by atoms with E-state index < -0.39 is 31.7 Å². The van der Waals surface area contributed by atoms with Gasteiger partial charge in [0, 0.05) is 39.1 Å². The maximum Gasteiger partial charge on any atom is 0.417 e. The first kappa shape index (κ1) is 19.0. The molecule has 132 valence electrons. The molecule has 5 nitrogen and oxygen atoms in total. The largest absolute Gasteiger partial charge is 0.417 e. The fourth-order valence-electron chi connectivity index (χ4n) is 2.43. The summed E-state index contributed by atoms with van der Waals surface area (Å²) in [6.07, 6.45) is -4.38. The molecule has 1 heterocycles. The molecule has 1 aromatic rings. The van der Waals surface area contributed by atoms with Crippen LogP contribution >= 0.6 is 11.6 Å². The molecule has 0 radical (unpaired) electrons. The molecule has 0 aliphatic carbocycles. The molecular formula is C14H15ClF3N3O2S. The van der Waals surface area contributed by atoms with Crippen molar-refractivity contribution in [3.63, 3.8) is 0 Å². The smallest absolute Gasteiger partial charge is 0.300 e. The Morgan fingerprint density at radius 1 is 1.21 bits per heavy atom. The second-order valence-corrected chi connectivity index (χ2v) is 7.64. The summed E-state index contributed by atoms with van der Waals surface area (Å²) in [7, 11) is -4.02. The average molecular weight is 382 g/mol. The van der Waals surface area contributed by atoms with Crippen molar-refractivity contribution in [2.45, 2.75) is 17.5 Å². The van der Waals surface area contributed by atoms with E-state index >= 15 is 0 Å². The topological polar surface area (TPSA) is 64.4 Å². The van der Waals surface area contributed by atoms with Gasteiger partial charge in [-0.25, -0.2) is 8.42 Å². The van der Waals surface area contributed by atoms with Crippen LogP contribution in [0.4, 0.5) is 13.2 Å². The second kappa shape index (κ2) is 7.27. The highest BCUT2D eigenvalue weighted by Crippen LogP contribution is 2.36. The van der Waals surface area contributed by atoms with Gasteiger partial charge < -0.3 is 0 Å². The molecule has 1 fully saturated rings. The summed E-state index contributed by atoms with van der Waals surface area (Å²) in [6, 6.07) is 4.61. The summed E-state index contributed by atoms with van der Waals surface area (Å²) in [6.45, 7) is 1.74. The van der Waals surface area contributed by atoms with Crippen molar-refractivity contribution in [2.75, 3.05) is 32.7 Å². The first-order chi connectivity index (χ1) is 11.2. The Morgan fingerprint density at radius 2 is 1.83 bits per heavy atom. The van der Waals surface area contributed by atoms with Crippen molar-refractivity contribution in [2.24, 2.45) is 0 Å². The van der Waals surface area contributed by atoms with E-state index in [9.17, 15) is 21.6 Å². The van der Waals surface area contributed by atoms with Crippen molar-refractivity contribution >= 4 is 21.6 Å². The zero-order valence-electron chi connectivity index (χ0n) is 12.6. The van der Waals surface area contributed by atoms with Crippen molar-refractivity contribution < 1.29 is 21.6 Å². The van der Waals surface area contributed by atoms with E-state index in [0.717, 1.165) is 16.4 Å². The van der Waals surface area contributed by atoms with E-state index in [-0.39, 0.29) is 13.1 Å². The maximum absolute atomic E-state index is 12.9. The molecule has 10 heteroatoms. The van der Waals surface area contributed by atoms with Gasteiger partial charge in [0.05, 0.1) is 21.6 Å². The van der Waals surface area contributed by atoms with Gasteiger partial charge in [0.2, 0.25) is 10.0 Å². The number of halogens is 4. The van der Waals surface area contributed by atoms with Crippen LogP contribution in [0.2, 0.25) is 5.02 Å². The van der Waals surface area contributed by atoms with Crippen molar-refractivity contribution in [3.05, 3.63) is 28.8 Å². The van der Waals surface area contributed by atoms with Gasteiger partial charge in [-0.05, 0) is 18.2 Å². The highest BCUT2D eigenvalue weighted by Gasteiger charge is 2.36. The molecule has 0 N–H and O–H groups in total. The number of rotatable bonds is 4. The number of piperazine rings is 1. The number of hydrogen-bond donors (Lipinski definition) is 0. The van der Waals surface area contributed by atoms with E-state index in [2.05, 4.69) is 0 Å². The summed E-state index contributed by atoms with van der Waals surface area (Å²) in [5.74, 6) is 0. The molecule has 0 unspecified atom stereocenters. The van der Waals surface area contributed by atoms with Crippen LogP contribution < -0.4 is 0 Å². The van der Waals surface area contributed by atoms with Crippen LogP contribution in [0.25, 0.3) is 0 Å². The first-order valence-electron chi connectivity index (χ1n) is 7.12. The zero-order chi connectivity index (χ0) is 18.0. The van der Waals surface area contributed by atoms with Crippen LogP contribution in [0, 0.1) is 11.3 Å². The van der Waals surface area contributed by atoms with Crippen LogP contribution in [-0.4, -0.2) is 50.3 Å². The van der Waals surface area contributed by atoms with E-state index in [1.54, 1.807) is 0 Å². The minimum Gasteiger partial charge on any atom is -0.300 e. The van der Waals surface area contributed by atoms with Crippen molar-refractivity contribution in [1.29, 1.82) is 5.26 Å². The highest BCUT2D eigenvalue weighted by molar-refractivity contribution is 7.89. The molecule has 1 aromatic carbocycles. The molecule has 0 aromatic heterocycles. The summed E-state index contributed by atoms with van der Waals surface area (Å²) in [4.78, 5) is 1.52. The number of hydrogen-bond acceptors (Lipinski definition) is 4. The van der Waals surface area contributed by atoms with Crippen LogP contribution in [-0.2, 0) is 16.2 Å². The van der Waals surface area contributed by atoms with Gasteiger partial charge >= 0.3 is 6.18 Å². The van der Waals surface area contributed by atoms with Gasteiger partial charge in [0.1, 0.15) is 0 Å². The molecule has 1 aliphatic rings. The molecular weight excluding hydrogens is 367 g/mol. The number of sulfonamides is 1. The average Bonchev–Trinajstić information content (AvgIpc) is 2.52. The number of benzene rings is 1. The molecule has 0 saturated carbocycles. The Hall–Kier alpha value is -1.34. The van der Waals surface area contributed by atoms with E-state index in [0.29, 0.717) is 32.1 Å². The van der Waals surface area contributed by atoms with Gasteiger partial charge in [-0.3, -0.25) is 4.90 Å². The third-order valence-electron chi connectivity index (χ3n) is 3.75. The SMILES string of the molecule is N#CCCN1CCN(S(=O)(=O)c2ccc(Cl)c(C(F)(F)F)c2)CC1. The molecule has 0 spiro atoms. The zero-order valence-corrected chi connectivity index (χ0v) is 14.1. The number of nitriles is 1. The first-order valence-corrected chi connectivity index (χ1v) is 8.94. The van der Waals surface area contributed by atoms with Gasteiger partial charge in [-0.15, -0.1) is 0 Å². The van der Waals surface area contributed by atoms with Gasteiger partial charge in [-0.1, -0.05) is 11.6 Å². The maximum atomic E-state index is 12.9. The Morgan fingerprint density at radius 3 is 2.38 bits per heavy atom. The Kier molecular flexibility index (Phi) is 5.75. The monoisotopic (exact) mass is 381 g/mol. The summed E-state index contributed by atoms with van der Waals surface area (Å²) in [5.41, 5.74) is -1.17. The van der Waals surface area contributed by atoms with Crippen LogP contribution in [0.15, 0.2) is 23.1 Å². The number of alkyl halides is 3. The minimum atomic E-state index is -4.72. The third-order valence-corrected chi connectivity index (χ3v) is 5.98. The van der Waals surface area contributed by atoms with Gasteiger partial charge in [0.15, 0.2) is 0 Å². The Bertz CT molecular complexity index is 739. The molecule has 2 rings (SSSR count). The normalized spacial score (nSPS) is 17.6. The third kappa shape index (κ3) is 4.19. The lowest BCUT2D eigenvalue weighted by Crippen LogP contribution is -2.48. The second-order valence-electron chi connectivity index (χ2n) is 5.29. The van der Waals surface area contributed by atoms with Crippen LogP contribution in [0.1, 0.15) is 12.0 Å². The van der Waals surface area contributed by atoms with Crippen LogP contribution in [0.5, 0.6) is 0 Å². The fraction of sp³-hybridized carbons (Fsp3) is 0.500. The highest BCUT2D eigenvalue weighted by atomic mass is 35.5. The molecule has 1 aliphatic heterocycles. The predicted octanol–water partition coefficient (Wildman–Crippen LogP) is 2.58. The lowest BCUT2D eigenvalue weighted by Gasteiger charge is -2.33. The molecule has 0 amide bonds. The van der Waals surface area contributed by atoms with Gasteiger partial charge in [-0.2, -0.15) is 22.7 Å². The minimum absolute atomic E-state index is 0.164. The Labute approximate surface area is 143 Å². The van der Waals surface area contributed by atoms with E-state index in [4.69, 9.17) is 16.9 Å². The summed E-state index contributed by atoms with van der Waals surface area (Å²) < 4.78 is 64.9. The predicted molar refractivity (Wildman–Crippen MR) is 81.9 cm³/mol. The summed E-state index contributed by atoms with van der Waals surface area (Å²) in [5, 5.41) is 8.02. The lowest BCUT2D eigenvalue weighted by molar-refractivity contribution is -0.137. The Balaban J connectivity index is 2.19. The number of nitrogens with zero attached hydrogens (tertiary/aromatic N) is 3. The summed E-state index contributed by atoms with van der Waals surface area (Å²) >= 11 is 5.52. The lowest BCUT2D eigenvalue weighted by atomic mass is 10.2. The molecule has 0 bridgehead atoms. The van der Waals surface area contributed by atoms with Crippen molar-refractivity contribution in [3.8, 4) is 6.07 Å². The van der Waals surface area contributed by atoms with E-state index in [1.807, 2.05) is 11.0 Å². The molecule has 24 heavy (non-hydrogen) atoms.